The molecule has 1 aromatic rings. The molecule has 0 bridgehead atoms. The Kier molecular flexibility index (Phi) is 3.46. The highest BCUT2D eigenvalue weighted by atomic mass is 16.7. The Labute approximate surface area is 117 Å². The minimum absolute atomic E-state index is 0.101. The zero-order chi connectivity index (χ0) is 13.9. The zero-order valence-corrected chi connectivity index (χ0v) is 11.2. The van der Waals surface area contributed by atoms with Crippen molar-refractivity contribution >= 4 is 5.91 Å². The van der Waals surface area contributed by atoms with Crippen LogP contribution in [0.15, 0.2) is 18.2 Å². The van der Waals surface area contributed by atoms with Gasteiger partial charge in [0.2, 0.25) is 12.7 Å². The van der Waals surface area contributed by atoms with Crippen LogP contribution in [-0.4, -0.2) is 30.7 Å². The third kappa shape index (κ3) is 2.55. The van der Waals surface area contributed by atoms with Gasteiger partial charge in [-0.1, -0.05) is 6.07 Å². The van der Waals surface area contributed by atoms with Crippen LogP contribution in [-0.2, 0) is 11.2 Å². The topological polar surface area (TPSA) is 62.6 Å². The van der Waals surface area contributed by atoms with E-state index < -0.39 is 0 Å². The van der Waals surface area contributed by atoms with Crippen LogP contribution in [0, 0.1) is 17.2 Å². The highest BCUT2D eigenvalue weighted by molar-refractivity contribution is 5.79. The van der Waals surface area contributed by atoms with Gasteiger partial charge < -0.3 is 14.4 Å². The van der Waals surface area contributed by atoms with Gasteiger partial charge in [-0.2, -0.15) is 5.26 Å². The van der Waals surface area contributed by atoms with E-state index in [1.807, 2.05) is 23.1 Å². The Balaban J connectivity index is 1.61. The van der Waals surface area contributed by atoms with Gasteiger partial charge in [-0.3, -0.25) is 4.79 Å². The summed E-state index contributed by atoms with van der Waals surface area (Å²) in [5.74, 6) is 1.65. The van der Waals surface area contributed by atoms with Gasteiger partial charge in [-0.15, -0.1) is 0 Å². The number of carbonyl (C=O) groups excluding carboxylic acids is 1. The number of carbonyl (C=O) groups is 1. The monoisotopic (exact) mass is 272 g/mol. The second-order valence-corrected chi connectivity index (χ2v) is 5.15. The second kappa shape index (κ2) is 5.41. The number of nitriles is 1. The molecule has 0 unspecified atom stereocenters. The second-order valence-electron chi connectivity index (χ2n) is 5.15. The first-order valence-electron chi connectivity index (χ1n) is 6.82. The fourth-order valence-electron chi connectivity index (χ4n) is 2.60. The quantitative estimate of drug-likeness (QED) is 0.822. The molecule has 2 aliphatic heterocycles. The standard InChI is InChI=1S/C15H16N2O3/c16-9-11-3-5-17(6-4-11)15(18)8-12-1-2-13-14(7-12)20-10-19-13/h1-2,7,11H,3-6,8,10H2. The first-order valence-corrected chi connectivity index (χ1v) is 6.82. The highest BCUT2D eigenvalue weighted by Crippen LogP contribution is 2.32. The number of amides is 1. The third-order valence-electron chi connectivity index (χ3n) is 3.82. The summed E-state index contributed by atoms with van der Waals surface area (Å²) in [4.78, 5) is 14.1. The number of nitrogens with zero attached hydrogens (tertiary/aromatic N) is 2. The largest absolute Gasteiger partial charge is 0.454 e. The highest BCUT2D eigenvalue weighted by Gasteiger charge is 2.23. The summed E-state index contributed by atoms with van der Waals surface area (Å²) in [7, 11) is 0. The van der Waals surface area contributed by atoms with Crippen molar-refractivity contribution in [1.82, 2.24) is 4.90 Å². The average molecular weight is 272 g/mol. The van der Waals surface area contributed by atoms with Crippen LogP contribution in [0.4, 0.5) is 0 Å². The lowest BCUT2D eigenvalue weighted by atomic mass is 9.98. The Hall–Kier alpha value is -2.22. The summed E-state index contributed by atoms with van der Waals surface area (Å²) in [6, 6.07) is 7.87. The average Bonchev–Trinajstić information content (AvgIpc) is 2.95. The number of benzene rings is 1. The Morgan fingerprint density at radius 2 is 2.05 bits per heavy atom. The van der Waals surface area contributed by atoms with Crippen molar-refractivity contribution in [3.8, 4) is 17.6 Å². The van der Waals surface area contributed by atoms with Gasteiger partial charge in [-0.25, -0.2) is 0 Å². The van der Waals surface area contributed by atoms with Crippen LogP contribution in [0.1, 0.15) is 18.4 Å². The first-order chi connectivity index (χ1) is 9.76. The van der Waals surface area contributed by atoms with Crippen LogP contribution in [0.5, 0.6) is 11.5 Å². The van der Waals surface area contributed by atoms with Crippen molar-refractivity contribution in [3.05, 3.63) is 23.8 Å². The molecule has 0 N–H and O–H groups in total. The molecular weight excluding hydrogens is 256 g/mol. The number of rotatable bonds is 2. The number of hydrogen-bond acceptors (Lipinski definition) is 4. The number of hydrogen-bond donors (Lipinski definition) is 0. The van der Waals surface area contributed by atoms with Crippen LogP contribution in [0.3, 0.4) is 0 Å². The molecule has 2 heterocycles. The van der Waals surface area contributed by atoms with E-state index in [1.165, 1.54) is 0 Å². The van der Waals surface area contributed by atoms with Gasteiger partial charge in [0.05, 0.1) is 12.5 Å². The molecule has 1 saturated heterocycles. The van der Waals surface area contributed by atoms with Crippen LogP contribution >= 0.6 is 0 Å². The lowest BCUT2D eigenvalue weighted by Crippen LogP contribution is -2.39. The number of fused-ring (bicyclic) bond motifs is 1. The number of ether oxygens (including phenoxy) is 2. The lowest BCUT2D eigenvalue weighted by molar-refractivity contribution is -0.131. The summed E-state index contributed by atoms with van der Waals surface area (Å²) >= 11 is 0. The molecule has 5 nitrogen and oxygen atoms in total. The maximum atomic E-state index is 12.2. The molecule has 0 atom stereocenters. The van der Waals surface area contributed by atoms with Crippen LogP contribution < -0.4 is 9.47 Å². The molecule has 1 fully saturated rings. The predicted octanol–water partition coefficient (Wildman–Crippen LogP) is 1.72. The minimum Gasteiger partial charge on any atom is -0.454 e. The van der Waals surface area contributed by atoms with E-state index in [0.717, 1.165) is 24.2 Å². The Morgan fingerprint density at radius 1 is 1.30 bits per heavy atom. The van der Waals surface area contributed by atoms with E-state index in [1.54, 1.807) is 0 Å². The fraction of sp³-hybridized carbons (Fsp3) is 0.467. The molecule has 3 rings (SSSR count). The summed E-state index contributed by atoms with van der Waals surface area (Å²) < 4.78 is 10.6. The van der Waals surface area contributed by atoms with Gasteiger partial charge in [0.25, 0.3) is 0 Å². The first kappa shape index (κ1) is 12.8. The smallest absolute Gasteiger partial charge is 0.231 e. The normalized spacial score (nSPS) is 17.9. The van der Waals surface area contributed by atoms with E-state index in [2.05, 4.69) is 6.07 Å². The van der Waals surface area contributed by atoms with Gasteiger partial charge in [0, 0.05) is 19.0 Å². The summed E-state index contributed by atoms with van der Waals surface area (Å²) in [6.45, 7) is 1.61. The summed E-state index contributed by atoms with van der Waals surface area (Å²) in [6.07, 6.45) is 1.93. The minimum atomic E-state index is 0.101. The SMILES string of the molecule is N#CC1CCN(C(=O)Cc2ccc3c(c2)OCO3)CC1. The van der Waals surface area contributed by atoms with Gasteiger partial charge >= 0.3 is 0 Å². The molecule has 0 aliphatic carbocycles. The molecule has 20 heavy (non-hydrogen) atoms. The van der Waals surface area contributed by atoms with Gasteiger partial charge in [-0.05, 0) is 30.5 Å². The molecule has 1 aromatic carbocycles. The van der Waals surface area contributed by atoms with E-state index >= 15 is 0 Å². The van der Waals surface area contributed by atoms with Gasteiger partial charge in [0.15, 0.2) is 11.5 Å². The van der Waals surface area contributed by atoms with E-state index in [9.17, 15) is 4.79 Å². The molecule has 104 valence electrons. The van der Waals surface area contributed by atoms with Crippen molar-refractivity contribution < 1.29 is 14.3 Å². The molecule has 2 aliphatic rings. The maximum absolute atomic E-state index is 12.2. The zero-order valence-electron chi connectivity index (χ0n) is 11.2. The van der Waals surface area contributed by atoms with Crippen LogP contribution in [0.2, 0.25) is 0 Å². The molecule has 5 heteroatoms. The number of piperidine rings is 1. The van der Waals surface area contributed by atoms with Gasteiger partial charge in [0.1, 0.15) is 0 Å². The predicted molar refractivity (Wildman–Crippen MR) is 71.2 cm³/mol. The Morgan fingerprint density at radius 3 is 2.80 bits per heavy atom. The third-order valence-corrected chi connectivity index (χ3v) is 3.82. The van der Waals surface area contributed by atoms with Crippen molar-refractivity contribution in [3.63, 3.8) is 0 Å². The lowest BCUT2D eigenvalue weighted by Gasteiger charge is -2.29. The fourth-order valence-corrected chi connectivity index (χ4v) is 2.60. The van der Waals surface area contributed by atoms with Crippen molar-refractivity contribution in [2.45, 2.75) is 19.3 Å². The number of likely N-dealkylation sites (tertiary alicyclic amines) is 1. The summed E-state index contributed by atoms with van der Waals surface area (Å²) in [5, 5.41) is 8.86. The van der Waals surface area contributed by atoms with Crippen LogP contribution in [0.25, 0.3) is 0 Å². The van der Waals surface area contributed by atoms with Crippen molar-refractivity contribution in [2.75, 3.05) is 19.9 Å². The molecule has 1 amide bonds. The molecule has 0 aromatic heterocycles. The van der Waals surface area contributed by atoms with E-state index in [0.29, 0.717) is 25.3 Å². The molecule has 0 saturated carbocycles. The maximum Gasteiger partial charge on any atom is 0.231 e. The Bertz CT molecular complexity index is 557. The molecule has 0 radical (unpaired) electrons. The summed E-state index contributed by atoms with van der Waals surface area (Å²) in [5.41, 5.74) is 0.932. The van der Waals surface area contributed by atoms with Crippen molar-refractivity contribution in [1.29, 1.82) is 5.26 Å². The molecular formula is C15H16N2O3. The molecule has 0 spiro atoms. The van der Waals surface area contributed by atoms with Crippen molar-refractivity contribution in [2.24, 2.45) is 5.92 Å². The van der Waals surface area contributed by atoms with E-state index in [4.69, 9.17) is 14.7 Å². The van der Waals surface area contributed by atoms with E-state index in [-0.39, 0.29) is 18.6 Å².